The molecule has 0 spiro atoms. The number of hydrogen-bond donors (Lipinski definition) is 6. The van der Waals surface area contributed by atoms with Gasteiger partial charge < -0.3 is 39.5 Å². The maximum atomic E-state index is 12.2. The summed E-state index contributed by atoms with van der Waals surface area (Å²) in [5.74, 6) is -1.23. The van der Waals surface area contributed by atoms with E-state index in [1.54, 1.807) is 0 Å². The van der Waals surface area contributed by atoms with Crippen LogP contribution >= 0.6 is 23.5 Å². The normalized spacial score (nSPS) is 28.7. The number of aromatic nitrogens is 4. The van der Waals surface area contributed by atoms with E-state index in [-0.39, 0.29) is 17.1 Å². The Morgan fingerprint density at radius 1 is 1.11 bits per heavy atom. The van der Waals surface area contributed by atoms with Crippen LogP contribution in [0.15, 0.2) is 11.1 Å². The number of fused-ring (bicyclic) bond motifs is 2. The summed E-state index contributed by atoms with van der Waals surface area (Å²) in [6.45, 7) is 2.86. The van der Waals surface area contributed by atoms with E-state index in [1.165, 1.54) is 10.9 Å². The quantitative estimate of drug-likeness (QED) is 0.202. The summed E-state index contributed by atoms with van der Waals surface area (Å²) in [6.07, 6.45) is -1.83. The van der Waals surface area contributed by atoms with Crippen LogP contribution in [0, 0.1) is 0 Å². The largest absolute Gasteiger partial charge is 0.490 e. The number of imidazole rings is 1. The molecule has 4 rings (SSSR count). The van der Waals surface area contributed by atoms with E-state index >= 15 is 0 Å². The average molecular weight is 591 g/mol. The summed E-state index contributed by atoms with van der Waals surface area (Å²) in [4.78, 5) is 59.1. The molecule has 4 heterocycles. The highest BCUT2D eigenvalue weighted by Crippen LogP contribution is 2.66. The Hall–Kier alpha value is -1.56. The first-order valence-electron chi connectivity index (χ1n) is 10.6. The topological polar surface area (TPSA) is 277 Å². The number of aromatic amines is 1. The highest BCUT2D eigenvalue weighted by Gasteiger charge is 2.58. The van der Waals surface area contributed by atoms with Gasteiger partial charge >= 0.3 is 23.5 Å². The summed E-state index contributed by atoms with van der Waals surface area (Å²) in [5, 5.41) is 0. The highest BCUT2D eigenvalue weighted by atomic mass is 31.3. The van der Waals surface area contributed by atoms with Crippen LogP contribution in [-0.2, 0) is 41.1 Å². The van der Waals surface area contributed by atoms with Crippen molar-refractivity contribution in [2.75, 3.05) is 12.3 Å². The van der Waals surface area contributed by atoms with Crippen molar-refractivity contribution >= 4 is 40.6 Å². The second-order valence-corrected chi connectivity index (χ2v) is 12.4. The Bertz CT molecular complexity index is 1370. The molecule has 2 saturated heterocycles. The number of nitrogen functional groups attached to an aromatic ring is 1. The Morgan fingerprint density at radius 3 is 2.38 bits per heavy atom. The van der Waals surface area contributed by atoms with Crippen LogP contribution in [0.4, 0.5) is 5.95 Å². The number of phosphoric acid groups is 3. The van der Waals surface area contributed by atoms with Gasteiger partial charge in [0.1, 0.15) is 18.3 Å². The van der Waals surface area contributed by atoms with Crippen LogP contribution in [0.2, 0.25) is 0 Å². The number of ether oxygens (including phenoxy) is 3. The Labute approximate surface area is 207 Å². The van der Waals surface area contributed by atoms with Gasteiger partial charge in [0.2, 0.25) is 5.95 Å². The highest BCUT2D eigenvalue weighted by molar-refractivity contribution is 7.66. The summed E-state index contributed by atoms with van der Waals surface area (Å²) in [6, 6.07) is 0. The molecule has 2 aliphatic heterocycles. The molecule has 22 heteroatoms. The van der Waals surface area contributed by atoms with E-state index in [0.29, 0.717) is 12.8 Å². The van der Waals surface area contributed by atoms with Gasteiger partial charge in [0.15, 0.2) is 23.2 Å². The van der Waals surface area contributed by atoms with E-state index < -0.39 is 66.0 Å². The Kier molecular flexibility index (Phi) is 7.59. The zero-order chi connectivity index (χ0) is 27.4. The number of nitrogens with one attached hydrogen (secondary N) is 1. The Morgan fingerprint density at radius 2 is 1.76 bits per heavy atom. The first-order chi connectivity index (χ1) is 17.1. The number of rotatable bonds is 10. The lowest BCUT2D eigenvalue weighted by Gasteiger charge is -2.29. The summed E-state index contributed by atoms with van der Waals surface area (Å²) >= 11 is 0. The lowest BCUT2D eigenvalue weighted by atomic mass is 10.1. The van der Waals surface area contributed by atoms with Crippen molar-refractivity contribution in [2.24, 2.45) is 0 Å². The van der Waals surface area contributed by atoms with E-state index in [9.17, 15) is 28.3 Å². The lowest BCUT2D eigenvalue weighted by Crippen LogP contribution is -2.35. The molecule has 3 unspecified atom stereocenters. The third kappa shape index (κ3) is 6.04. The minimum absolute atomic E-state index is 0.0396. The monoisotopic (exact) mass is 591 g/mol. The number of nitrogens with zero attached hydrogens (tertiary/aromatic N) is 3. The van der Waals surface area contributed by atoms with Gasteiger partial charge in [-0.05, 0) is 12.8 Å². The third-order valence-corrected chi connectivity index (χ3v) is 9.41. The minimum atomic E-state index is -5.70. The predicted octanol–water partition coefficient (Wildman–Crippen LogP) is 0.243. The third-order valence-electron chi connectivity index (χ3n) is 5.61. The van der Waals surface area contributed by atoms with Crippen molar-refractivity contribution in [3.8, 4) is 0 Å². The molecule has 0 bridgehead atoms. The van der Waals surface area contributed by atoms with E-state index in [4.69, 9.17) is 34.3 Å². The van der Waals surface area contributed by atoms with Gasteiger partial charge in [-0.3, -0.25) is 18.9 Å². The smallest absolute Gasteiger partial charge is 0.369 e. The first-order valence-corrected chi connectivity index (χ1v) is 15.1. The molecular formula is C15H24N5O14P3. The van der Waals surface area contributed by atoms with Gasteiger partial charge in [0.25, 0.3) is 5.56 Å². The lowest BCUT2D eigenvalue weighted by molar-refractivity contribution is -0.222. The summed E-state index contributed by atoms with van der Waals surface area (Å²) in [7, 11) is -16.7. The van der Waals surface area contributed by atoms with Gasteiger partial charge in [0.05, 0.1) is 12.9 Å². The molecule has 0 aromatic carbocycles. The molecule has 2 aliphatic rings. The van der Waals surface area contributed by atoms with Crippen LogP contribution in [0.3, 0.4) is 0 Å². The maximum absolute atomic E-state index is 12.2. The molecule has 0 amide bonds. The maximum Gasteiger partial charge on any atom is 0.490 e. The SMILES string of the molecule is CCC1(CC)OC2[C@@H](COP(=O)(O)OP(=O)(O)OP(=O)(O)O)O[C@@H](n3cnc4c(=O)[nH]c(N)nc43)[C@H]2O1. The number of nitrogens with two attached hydrogens (primary N) is 1. The van der Waals surface area contributed by atoms with Crippen LogP contribution in [0.5, 0.6) is 0 Å². The summed E-state index contributed by atoms with van der Waals surface area (Å²) < 4.78 is 66.3. The van der Waals surface area contributed by atoms with Gasteiger partial charge in [0, 0.05) is 0 Å². The molecule has 2 fully saturated rings. The molecule has 2 aromatic heterocycles. The molecule has 208 valence electrons. The van der Waals surface area contributed by atoms with Crippen LogP contribution < -0.4 is 11.3 Å². The van der Waals surface area contributed by atoms with E-state index in [1.807, 2.05) is 13.8 Å². The average Bonchev–Trinajstić information content (AvgIpc) is 3.41. The molecule has 0 aliphatic carbocycles. The summed E-state index contributed by atoms with van der Waals surface area (Å²) in [5.41, 5.74) is 5.08. The number of anilines is 1. The second kappa shape index (κ2) is 9.88. The molecule has 0 radical (unpaired) electrons. The molecule has 6 atom stereocenters. The zero-order valence-electron chi connectivity index (χ0n) is 19.1. The minimum Gasteiger partial charge on any atom is -0.369 e. The van der Waals surface area contributed by atoms with Crippen molar-refractivity contribution in [3.63, 3.8) is 0 Å². The molecule has 0 saturated carbocycles. The first kappa shape index (κ1) is 28.4. The molecule has 19 nitrogen and oxygen atoms in total. The predicted molar refractivity (Wildman–Crippen MR) is 119 cm³/mol. The van der Waals surface area contributed by atoms with Crippen molar-refractivity contribution in [2.45, 2.75) is 57.0 Å². The fourth-order valence-corrected chi connectivity index (χ4v) is 7.07. The Balaban J connectivity index is 1.59. The number of hydrogen-bond acceptors (Lipinski definition) is 13. The van der Waals surface area contributed by atoms with Gasteiger partial charge in [-0.15, -0.1) is 0 Å². The van der Waals surface area contributed by atoms with Crippen molar-refractivity contribution in [1.29, 1.82) is 0 Å². The van der Waals surface area contributed by atoms with Gasteiger partial charge in [-0.1, -0.05) is 13.8 Å². The van der Waals surface area contributed by atoms with E-state index in [0.717, 1.165) is 0 Å². The number of phosphoric ester groups is 1. The number of H-pyrrole nitrogens is 1. The van der Waals surface area contributed by atoms with Gasteiger partial charge in [-0.25, -0.2) is 18.7 Å². The van der Waals surface area contributed by atoms with Crippen LogP contribution in [0.1, 0.15) is 32.9 Å². The zero-order valence-corrected chi connectivity index (χ0v) is 21.8. The van der Waals surface area contributed by atoms with Gasteiger partial charge in [-0.2, -0.15) is 13.6 Å². The van der Waals surface area contributed by atoms with Crippen molar-refractivity contribution < 1.29 is 60.6 Å². The molecule has 37 heavy (non-hydrogen) atoms. The molecular weight excluding hydrogens is 567 g/mol. The second-order valence-electron chi connectivity index (χ2n) is 8.01. The standard InChI is InChI=1S/C15H24N5O14P3/c1-3-15(4-2)31-9-7(5-29-36(25,26)34-37(27,28)33-35(22,23)24)30-13(10(9)32-15)20-6-17-8-11(20)18-14(16)19-12(8)21/h6-7,9-10,13H,3-5H2,1-2H3,(H,25,26)(H,27,28)(H2,22,23,24)(H3,16,18,19,21)/t7-,9?,10+,13-/m1/s1. The van der Waals surface area contributed by atoms with Crippen molar-refractivity contribution in [3.05, 3.63) is 16.7 Å². The fraction of sp³-hybridized carbons (Fsp3) is 0.667. The van der Waals surface area contributed by atoms with Crippen LogP contribution in [-0.4, -0.2) is 69.8 Å². The molecule has 7 N–H and O–H groups in total. The van der Waals surface area contributed by atoms with Crippen molar-refractivity contribution in [1.82, 2.24) is 19.5 Å². The molecule has 2 aromatic rings. The van der Waals surface area contributed by atoms with E-state index in [2.05, 4.69) is 23.6 Å². The van der Waals surface area contributed by atoms with Crippen LogP contribution in [0.25, 0.3) is 11.2 Å². The fourth-order valence-electron chi connectivity index (χ4n) is 4.04.